The first-order valence-corrected chi connectivity index (χ1v) is 16.1. The van der Waals surface area contributed by atoms with E-state index in [1.807, 2.05) is 4.90 Å². The normalized spacial score (nSPS) is 15.0. The number of terminal acetylenes is 1. The minimum atomic E-state index is -4.99. The van der Waals surface area contributed by atoms with Crippen LogP contribution in [0.4, 0.5) is 26.3 Å². The number of carbonyl (C=O) groups excluding carboxylic acids is 1. The second-order valence-electron chi connectivity index (χ2n) is 13.6. The van der Waals surface area contributed by atoms with Crippen molar-refractivity contribution in [3.63, 3.8) is 0 Å². The number of carbonyl (C=O) groups is 2. The van der Waals surface area contributed by atoms with Gasteiger partial charge in [-0.15, -0.1) is 6.42 Å². The van der Waals surface area contributed by atoms with Gasteiger partial charge >= 0.3 is 12.1 Å². The molecule has 1 aliphatic carbocycles. The summed E-state index contributed by atoms with van der Waals surface area (Å²) in [5.74, 6) is -4.85. The number of likely N-dealkylation sites (N-methyl/N-ethyl adjacent to an activating group) is 1. The number of aryl methyl sites for hydroxylation is 2. The number of hydrogen-bond donors (Lipinski definition) is 2. The lowest BCUT2D eigenvalue weighted by Crippen LogP contribution is -2.41. The summed E-state index contributed by atoms with van der Waals surface area (Å²) in [7, 11) is 3.52. The van der Waals surface area contributed by atoms with Gasteiger partial charge in [0.25, 0.3) is 5.56 Å². The molecule has 1 aliphatic rings. The van der Waals surface area contributed by atoms with Crippen LogP contribution < -0.4 is 15.6 Å². The van der Waals surface area contributed by atoms with Crippen molar-refractivity contribution in [2.24, 2.45) is 5.92 Å². The standard InChI is InChI=1S/C37H39F6N3O5/c1-8-22-14-24(31-20(4)12-23(38)13-21(31)5)34(40)32(33(22)39)26(16-30(48)49)44-35(50)27(11-19(2)3)46-17-28(25(15-29(46)47)37(41,42)43)51-18-36(9-10-36)45(6)7/h1,12-15,17,19,26-27H,9-11,16,18H2,2-7H3,(H,44,50)(H,48,49)/t26-,27-/m1/s1. The van der Waals surface area contributed by atoms with Gasteiger partial charge in [-0.1, -0.05) is 19.8 Å². The summed E-state index contributed by atoms with van der Waals surface area (Å²) >= 11 is 0. The van der Waals surface area contributed by atoms with E-state index in [-0.39, 0.29) is 41.2 Å². The van der Waals surface area contributed by atoms with Crippen molar-refractivity contribution in [3.05, 3.63) is 86.1 Å². The first-order chi connectivity index (χ1) is 23.7. The lowest BCUT2D eigenvalue weighted by atomic mass is 9.89. The number of halogens is 6. The van der Waals surface area contributed by atoms with Crippen molar-refractivity contribution in [2.75, 3.05) is 20.7 Å². The van der Waals surface area contributed by atoms with Crippen LogP contribution in [0.15, 0.2) is 35.3 Å². The van der Waals surface area contributed by atoms with Crippen molar-refractivity contribution in [2.45, 2.75) is 77.2 Å². The number of rotatable bonds is 13. The van der Waals surface area contributed by atoms with E-state index < -0.39 is 87.5 Å². The molecule has 3 aromatic rings. The number of aliphatic carboxylic acids is 1. The number of carboxylic acid groups (broad SMARTS) is 1. The second-order valence-corrected chi connectivity index (χ2v) is 13.6. The van der Waals surface area contributed by atoms with Gasteiger partial charge in [0.1, 0.15) is 41.4 Å². The molecule has 2 aromatic carbocycles. The fourth-order valence-corrected chi connectivity index (χ4v) is 6.23. The monoisotopic (exact) mass is 719 g/mol. The van der Waals surface area contributed by atoms with Crippen LogP contribution >= 0.6 is 0 Å². The summed E-state index contributed by atoms with van der Waals surface area (Å²) in [6.07, 6.45) is 1.47. The molecule has 1 amide bonds. The lowest BCUT2D eigenvalue weighted by Gasteiger charge is -2.28. The number of nitrogens with zero attached hydrogens (tertiary/aromatic N) is 2. The average molecular weight is 720 g/mol. The number of pyridine rings is 1. The predicted molar refractivity (Wildman–Crippen MR) is 178 cm³/mol. The fourth-order valence-electron chi connectivity index (χ4n) is 6.23. The number of amides is 1. The number of ether oxygens (including phenoxy) is 1. The van der Waals surface area contributed by atoms with Gasteiger partial charge in [0.2, 0.25) is 5.91 Å². The molecule has 0 saturated heterocycles. The summed E-state index contributed by atoms with van der Waals surface area (Å²) in [5.41, 5.74) is -4.02. The molecule has 0 spiro atoms. The third kappa shape index (κ3) is 8.41. The summed E-state index contributed by atoms with van der Waals surface area (Å²) in [6.45, 7) is 6.18. The van der Waals surface area contributed by atoms with E-state index in [0.717, 1.165) is 29.0 Å². The Bertz CT molecular complexity index is 1920. The van der Waals surface area contributed by atoms with Crippen molar-refractivity contribution >= 4 is 11.9 Å². The van der Waals surface area contributed by atoms with Crippen LogP contribution in [0.1, 0.15) is 79.4 Å². The van der Waals surface area contributed by atoms with E-state index in [2.05, 4.69) is 11.2 Å². The van der Waals surface area contributed by atoms with Crippen molar-refractivity contribution in [3.8, 4) is 29.2 Å². The van der Waals surface area contributed by atoms with Crippen molar-refractivity contribution < 1.29 is 45.8 Å². The van der Waals surface area contributed by atoms with Crippen molar-refractivity contribution in [1.82, 2.24) is 14.8 Å². The molecule has 4 rings (SSSR count). The van der Waals surface area contributed by atoms with Crippen LogP contribution in [0.3, 0.4) is 0 Å². The lowest BCUT2D eigenvalue weighted by molar-refractivity contribution is -0.139. The Labute approximate surface area is 291 Å². The van der Waals surface area contributed by atoms with E-state index in [4.69, 9.17) is 11.2 Å². The highest BCUT2D eigenvalue weighted by atomic mass is 19.4. The molecule has 2 N–H and O–H groups in total. The minimum Gasteiger partial charge on any atom is -0.489 e. The van der Waals surface area contributed by atoms with Gasteiger partial charge in [-0.3, -0.25) is 19.0 Å². The van der Waals surface area contributed by atoms with Gasteiger partial charge < -0.3 is 20.1 Å². The van der Waals surface area contributed by atoms with E-state index in [9.17, 15) is 37.1 Å². The first kappa shape index (κ1) is 39.0. The van der Waals surface area contributed by atoms with Crippen LogP contribution in [0.2, 0.25) is 0 Å². The molecule has 1 saturated carbocycles. The van der Waals surface area contributed by atoms with Crippen LogP contribution in [0, 0.1) is 49.6 Å². The van der Waals surface area contributed by atoms with E-state index in [1.54, 1.807) is 27.9 Å². The van der Waals surface area contributed by atoms with Crippen LogP contribution in [-0.4, -0.2) is 52.7 Å². The molecule has 0 radical (unpaired) electrons. The Balaban J connectivity index is 1.85. The van der Waals surface area contributed by atoms with Gasteiger partial charge in [0, 0.05) is 17.2 Å². The quantitative estimate of drug-likeness (QED) is 0.147. The zero-order chi connectivity index (χ0) is 38.2. The van der Waals surface area contributed by atoms with Gasteiger partial charge in [0.15, 0.2) is 0 Å². The van der Waals surface area contributed by atoms with Crippen LogP contribution in [-0.2, 0) is 15.8 Å². The highest BCUT2D eigenvalue weighted by Crippen LogP contribution is 2.42. The molecule has 1 heterocycles. The molecule has 274 valence electrons. The summed E-state index contributed by atoms with van der Waals surface area (Å²) in [5, 5.41) is 12.1. The molecule has 2 atom stereocenters. The number of carboxylic acids is 1. The maximum absolute atomic E-state index is 16.5. The third-order valence-electron chi connectivity index (χ3n) is 9.16. The number of aromatic nitrogens is 1. The SMILES string of the molecule is C#Cc1cc(-c2c(C)cc(F)cc2C)c(F)c([C@@H](CC(=O)O)NC(=O)[C@@H](CC(C)C)n2cc(OCC3(N(C)C)CC3)c(C(F)(F)F)cc2=O)c1F. The largest absolute Gasteiger partial charge is 0.489 e. The number of hydrogen-bond acceptors (Lipinski definition) is 5. The molecule has 1 aromatic heterocycles. The highest BCUT2D eigenvalue weighted by molar-refractivity contribution is 5.82. The Morgan fingerprint density at radius 3 is 2.18 bits per heavy atom. The molecular formula is C37H39F6N3O5. The highest BCUT2D eigenvalue weighted by Gasteiger charge is 2.46. The summed E-state index contributed by atoms with van der Waals surface area (Å²) in [4.78, 5) is 41.1. The number of nitrogens with one attached hydrogen (secondary N) is 1. The van der Waals surface area contributed by atoms with Gasteiger partial charge in [-0.2, -0.15) is 13.2 Å². The Morgan fingerprint density at radius 1 is 1.08 bits per heavy atom. The molecule has 0 unspecified atom stereocenters. The average Bonchev–Trinajstić information content (AvgIpc) is 3.80. The van der Waals surface area contributed by atoms with E-state index in [0.29, 0.717) is 18.9 Å². The zero-order valence-electron chi connectivity index (χ0n) is 29.0. The number of alkyl halides is 3. The van der Waals surface area contributed by atoms with E-state index in [1.165, 1.54) is 13.8 Å². The van der Waals surface area contributed by atoms with Crippen LogP contribution in [0.5, 0.6) is 5.75 Å². The molecule has 0 bridgehead atoms. The fraction of sp³-hybridized carbons (Fsp3) is 0.432. The Hall–Kier alpha value is -4.77. The zero-order valence-corrected chi connectivity index (χ0v) is 29.0. The molecule has 1 fully saturated rings. The van der Waals surface area contributed by atoms with Gasteiger partial charge in [-0.25, -0.2) is 13.2 Å². The topological polar surface area (TPSA) is 101 Å². The second kappa shape index (κ2) is 14.8. The summed E-state index contributed by atoms with van der Waals surface area (Å²) in [6, 6.07) is 0.109. The minimum absolute atomic E-state index is 0.136. The third-order valence-corrected chi connectivity index (χ3v) is 9.16. The number of benzene rings is 2. The summed E-state index contributed by atoms with van der Waals surface area (Å²) < 4.78 is 95.2. The van der Waals surface area contributed by atoms with Gasteiger partial charge in [0.05, 0.1) is 29.8 Å². The van der Waals surface area contributed by atoms with Crippen LogP contribution in [0.25, 0.3) is 11.1 Å². The first-order valence-electron chi connectivity index (χ1n) is 16.1. The maximum atomic E-state index is 16.5. The maximum Gasteiger partial charge on any atom is 0.420 e. The predicted octanol–water partition coefficient (Wildman–Crippen LogP) is 6.94. The molecule has 51 heavy (non-hydrogen) atoms. The molecule has 8 nitrogen and oxygen atoms in total. The molecular weight excluding hydrogens is 680 g/mol. The van der Waals surface area contributed by atoms with E-state index >= 15 is 8.78 Å². The Kier molecular flexibility index (Phi) is 11.4. The molecule has 14 heteroatoms. The molecule has 0 aliphatic heterocycles. The van der Waals surface area contributed by atoms with Crippen molar-refractivity contribution in [1.29, 1.82) is 0 Å². The van der Waals surface area contributed by atoms with Gasteiger partial charge in [-0.05, 0) is 88.0 Å². The smallest absolute Gasteiger partial charge is 0.420 e. The Morgan fingerprint density at radius 2 is 1.69 bits per heavy atom.